The SMILES string of the molecule is C#Cc1c(F)ccc2cc(O)cc(-c3ncc4c(N5CC6CCC(C5)N6)nc5c(c4c3F)COC5)c12. The topological polar surface area (TPSA) is 70.5 Å². The largest absolute Gasteiger partial charge is 0.508 e. The fourth-order valence-electron chi connectivity index (χ4n) is 6.03. The summed E-state index contributed by atoms with van der Waals surface area (Å²) in [6, 6.07) is 6.39. The molecule has 0 saturated carbocycles. The molecule has 2 unspecified atom stereocenters. The summed E-state index contributed by atoms with van der Waals surface area (Å²) in [6.07, 6.45) is 9.49. The molecule has 2 fully saturated rings. The van der Waals surface area contributed by atoms with Gasteiger partial charge < -0.3 is 20.1 Å². The van der Waals surface area contributed by atoms with Crippen molar-refractivity contribution in [1.82, 2.24) is 15.3 Å². The lowest BCUT2D eigenvalue weighted by Crippen LogP contribution is -2.51. The van der Waals surface area contributed by atoms with Gasteiger partial charge in [-0.05, 0) is 36.4 Å². The van der Waals surface area contributed by atoms with Crippen molar-refractivity contribution in [2.24, 2.45) is 0 Å². The van der Waals surface area contributed by atoms with Crippen molar-refractivity contribution < 1.29 is 18.6 Å². The van der Waals surface area contributed by atoms with Gasteiger partial charge in [0.05, 0.1) is 24.5 Å². The summed E-state index contributed by atoms with van der Waals surface area (Å²) < 4.78 is 36.8. The van der Waals surface area contributed by atoms with Gasteiger partial charge in [0.1, 0.15) is 23.1 Å². The second-order valence-electron chi connectivity index (χ2n) is 9.76. The van der Waals surface area contributed by atoms with Crippen molar-refractivity contribution in [2.75, 3.05) is 18.0 Å². The molecule has 0 spiro atoms. The highest BCUT2D eigenvalue weighted by Crippen LogP contribution is 2.41. The van der Waals surface area contributed by atoms with Crippen LogP contribution in [0, 0.1) is 24.0 Å². The van der Waals surface area contributed by atoms with Crippen LogP contribution < -0.4 is 10.2 Å². The average molecular weight is 485 g/mol. The molecule has 2 bridgehead atoms. The number of halogens is 2. The molecule has 2 aromatic heterocycles. The number of fused-ring (bicyclic) bond motifs is 6. The van der Waals surface area contributed by atoms with Gasteiger partial charge in [-0.3, -0.25) is 4.98 Å². The Balaban J connectivity index is 1.50. The third-order valence-corrected chi connectivity index (χ3v) is 7.60. The second-order valence-corrected chi connectivity index (χ2v) is 9.76. The minimum absolute atomic E-state index is 0.00266. The number of phenols is 1. The van der Waals surface area contributed by atoms with Crippen molar-refractivity contribution >= 4 is 27.4 Å². The first-order chi connectivity index (χ1) is 17.5. The van der Waals surface area contributed by atoms with E-state index in [-0.39, 0.29) is 29.2 Å². The maximum absolute atomic E-state index is 16.5. The quantitative estimate of drug-likeness (QED) is 0.412. The summed E-state index contributed by atoms with van der Waals surface area (Å²) in [6.45, 7) is 2.15. The van der Waals surface area contributed by atoms with Crippen LogP contribution in [0.15, 0.2) is 30.5 Å². The number of piperazine rings is 1. The molecule has 8 heteroatoms. The second kappa shape index (κ2) is 7.85. The zero-order chi connectivity index (χ0) is 24.6. The Hall–Kier alpha value is -3.80. The Bertz CT molecular complexity index is 1620. The fourth-order valence-corrected chi connectivity index (χ4v) is 6.03. The van der Waals surface area contributed by atoms with E-state index in [0.29, 0.717) is 51.6 Å². The van der Waals surface area contributed by atoms with Crippen LogP contribution in [0.2, 0.25) is 0 Å². The van der Waals surface area contributed by atoms with Crippen LogP contribution in [0.25, 0.3) is 32.8 Å². The van der Waals surface area contributed by atoms with Gasteiger partial charge in [0.2, 0.25) is 0 Å². The van der Waals surface area contributed by atoms with Crippen molar-refractivity contribution in [3.63, 3.8) is 0 Å². The number of aromatic nitrogens is 2. The molecule has 2 N–H and O–H groups in total. The molecular weight excluding hydrogens is 462 g/mol. The number of anilines is 1. The lowest BCUT2D eigenvalue weighted by Gasteiger charge is -2.34. The van der Waals surface area contributed by atoms with Crippen molar-refractivity contribution in [1.29, 1.82) is 0 Å². The summed E-state index contributed by atoms with van der Waals surface area (Å²) in [5, 5.41) is 15.9. The number of nitrogens with one attached hydrogen (secondary N) is 1. The summed E-state index contributed by atoms with van der Waals surface area (Å²) in [5.41, 5.74) is 1.65. The van der Waals surface area contributed by atoms with E-state index in [4.69, 9.17) is 16.1 Å². The molecule has 4 aromatic rings. The van der Waals surface area contributed by atoms with Crippen molar-refractivity contribution in [2.45, 2.75) is 38.1 Å². The summed E-state index contributed by atoms with van der Waals surface area (Å²) >= 11 is 0. The molecule has 0 amide bonds. The van der Waals surface area contributed by atoms with E-state index in [1.54, 1.807) is 6.20 Å². The van der Waals surface area contributed by atoms with Crippen molar-refractivity contribution in [3.05, 3.63) is 58.9 Å². The van der Waals surface area contributed by atoms with Crippen LogP contribution in [0.4, 0.5) is 14.6 Å². The maximum Gasteiger partial charge on any atom is 0.157 e. The van der Waals surface area contributed by atoms with Gasteiger partial charge in [-0.15, -0.1) is 6.42 Å². The standard InChI is InChI=1S/C28H22F2N4O2/c1-2-18-22(29)6-3-14-7-17(35)8-19(24(14)18)27-26(30)25-20(9-31-27)28(33-23-13-36-12-21(23)25)34-10-15-4-5-16(11-34)32-15/h1,3,6-9,15-16,32,35H,4-5,10-13H2. The molecule has 36 heavy (non-hydrogen) atoms. The van der Waals surface area contributed by atoms with Crippen LogP contribution in [0.1, 0.15) is 29.7 Å². The number of nitrogens with zero attached hydrogens (tertiary/aromatic N) is 3. The van der Waals surface area contributed by atoms with Gasteiger partial charge in [-0.1, -0.05) is 12.0 Å². The first-order valence-electron chi connectivity index (χ1n) is 12.0. The monoisotopic (exact) mass is 484 g/mol. The van der Waals surface area contributed by atoms with Gasteiger partial charge in [0.25, 0.3) is 0 Å². The predicted octanol–water partition coefficient (Wildman–Crippen LogP) is 4.39. The Morgan fingerprint density at radius 1 is 1.11 bits per heavy atom. The normalized spacial score (nSPS) is 20.8. The molecule has 7 rings (SSSR count). The molecule has 5 heterocycles. The Morgan fingerprint density at radius 2 is 1.92 bits per heavy atom. The molecule has 0 aliphatic carbocycles. The van der Waals surface area contributed by atoms with Crippen LogP contribution in [-0.2, 0) is 18.0 Å². The minimum Gasteiger partial charge on any atom is -0.508 e. The van der Waals surface area contributed by atoms with Gasteiger partial charge >= 0.3 is 0 Å². The number of pyridine rings is 2. The van der Waals surface area contributed by atoms with Crippen LogP contribution in [0.3, 0.4) is 0 Å². The number of rotatable bonds is 2. The lowest BCUT2D eigenvalue weighted by molar-refractivity contribution is 0.133. The Morgan fingerprint density at radius 3 is 2.69 bits per heavy atom. The predicted molar refractivity (Wildman–Crippen MR) is 133 cm³/mol. The molecule has 2 saturated heterocycles. The van der Waals surface area contributed by atoms with Gasteiger partial charge in [-0.2, -0.15) is 0 Å². The summed E-state index contributed by atoms with van der Waals surface area (Å²) in [4.78, 5) is 11.6. The molecule has 0 radical (unpaired) electrons. The maximum atomic E-state index is 16.5. The number of phenolic OH excluding ortho intramolecular Hbond substituents is 1. The van der Waals surface area contributed by atoms with Crippen molar-refractivity contribution in [3.8, 4) is 29.4 Å². The Labute approximate surface area is 205 Å². The summed E-state index contributed by atoms with van der Waals surface area (Å²) in [7, 11) is 0. The number of benzene rings is 2. The molecule has 3 aliphatic heterocycles. The number of hydrogen-bond donors (Lipinski definition) is 2. The first-order valence-corrected chi connectivity index (χ1v) is 12.0. The third-order valence-electron chi connectivity index (χ3n) is 7.60. The van der Waals surface area contributed by atoms with Crippen LogP contribution >= 0.6 is 0 Å². The van der Waals surface area contributed by atoms with E-state index in [0.717, 1.165) is 31.6 Å². The van der Waals surface area contributed by atoms with Gasteiger partial charge in [-0.25, -0.2) is 13.8 Å². The van der Waals surface area contributed by atoms with Crippen LogP contribution in [0.5, 0.6) is 5.75 Å². The molecular formula is C28H22F2N4O2. The van der Waals surface area contributed by atoms with E-state index in [9.17, 15) is 9.50 Å². The molecule has 3 aliphatic rings. The fraction of sp³-hybridized carbons (Fsp3) is 0.286. The van der Waals surface area contributed by atoms with E-state index < -0.39 is 11.6 Å². The number of ether oxygens (including phenoxy) is 1. The molecule has 180 valence electrons. The average Bonchev–Trinajstić information content (AvgIpc) is 3.48. The minimum atomic E-state index is -0.591. The van der Waals surface area contributed by atoms with E-state index >= 15 is 4.39 Å². The highest BCUT2D eigenvalue weighted by Gasteiger charge is 2.35. The molecule has 2 atom stereocenters. The number of hydrogen-bond acceptors (Lipinski definition) is 6. The van der Waals surface area contributed by atoms with Gasteiger partial charge in [0.15, 0.2) is 5.82 Å². The van der Waals surface area contributed by atoms with Gasteiger partial charge in [0, 0.05) is 58.7 Å². The summed E-state index contributed by atoms with van der Waals surface area (Å²) in [5.74, 6) is 1.85. The zero-order valence-corrected chi connectivity index (χ0v) is 19.3. The van der Waals surface area contributed by atoms with E-state index in [2.05, 4.69) is 21.1 Å². The smallest absolute Gasteiger partial charge is 0.157 e. The highest BCUT2D eigenvalue weighted by molar-refractivity contribution is 6.04. The first kappa shape index (κ1) is 21.5. The van der Waals surface area contributed by atoms with Crippen LogP contribution in [-0.4, -0.2) is 40.2 Å². The number of terminal acetylenes is 1. The third kappa shape index (κ3) is 3.10. The molecule has 2 aromatic carbocycles. The van der Waals surface area contributed by atoms with E-state index in [1.807, 2.05) is 0 Å². The molecule has 6 nitrogen and oxygen atoms in total. The zero-order valence-electron chi connectivity index (χ0n) is 19.3. The lowest BCUT2D eigenvalue weighted by atomic mass is 9.94. The Kier molecular flexibility index (Phi) is 4.69. The number of aromatic hydroxyl groups is 1. The van der Waals surface area contributed by atoms with E-state index in [1.165, 1.54) is 24.3 Å². The highest BCUT2D eigenvalue weighted by atomic mass is 19.1.